The lowest BCUT2D eigenvalue weighted by atomic mass is 10.1. The van der Waals surface area contributed by atoms with Gasteiger partial charge in [0.25, 0.3) is 0 Å². The SMILES string of the molecule is Cc1ccc2oc(-c3cc(-c4cnn(C5CCN(C)CC5)c4)cnc3N)nc2c1. The highest BCUT2D eigenvalue weighted by Crippen LogP contribution is 2.32. The summed E-state index contributed by atoms with van der Waals surface area (Å²) in [6, 6.07) is 8.37. The maximum atomic E-state index is 6.15. The molecule has 1 aromatic carbocycles. The largest absolute Gasteiger partial charge is 0.436 e. The van der Waals surface area contributed by atoms with Crippen LogP contribution in [-0.4, -0.2) is 44.8 Å². The molecule has 0 amide bonds. The number of oxazole rings is 1. The van der Waals surface area contributed by atoms with Gasteiger partial charge in [0.05, 0.1) is 17.8 Å². The first-order valence-corrected chi connectivity index (χ1v) is 9.93. The van der Waals surface area contributed by atoms with Gasteiger partial charge in [-0.2, -0.15) is 5.10 Å². The molecule has 2 N–H and O–H groups in total. The first-order valence-electron chi connectivity index (χ1n) is 9.93. The Kier molecular flexibility index (Phi) is 4.32. The number of piperidine rings is 1. The average Bonchev–Trinajstić information content (AvgIpc) is 3.36. The summed E-state index contributed by atoms with van der Waals surface area (Å²) in [5, 5.41) is 4.61. The lowest BCUT2D eigenvalue weighted by molar-refractivity contribution is 0.212. The summed E-state index contributed by atoms with van der Waals surface area (Å²) in [4.78, 5) is 11.4. The van der Waals surface area contributed by atoms with Gasteiger partial charge in [-0.3, -0.25) is 4.68 Å². The van der Waals surface area contributed by atoms with Crippen LogP contribution in [0.1, 0.15) is 24.4 Å². The second-order valence-electron chi connectivity index (χ2n) is 7.89. The van der Waals surface area contributed by atoms with Gasteiger partial charge in [0.1, 0.15) is 11.3 Å². The molecule has 0 bridgehead atoms. The number of nitrogen functional groups attached to an aromatic ring is 1. The fourth-order valence-electron chi connectivity index (χ4n) is 3.90. The molecule has 0 aliphatic carbocycles. The molecular formula is C22H24N6O. The maximum absolute atomic E-state index is 6.15. The number of fused-ring (bicyclic) bond motifs is 1. The quantitative estimate of drug-likeness (QED) is 0.573. The molecule has 3 aromatic heterocycles. The summed E-state index contributed by atoms with van der Waals surface area (Å²) >= 11 is 0. The lowest BCUT2D eigenvalue weighted by Crippen LogP contribution is -2.31. The number of aryl methyl sites for hydroxylation is 1. The molecule has 0 atom stereocenters. The van der Waals surface area contributed by atoms with E-state index in [1.807, 2.05) is 37.4 Å². The van der Waals surface area contributed by atoms with Crippen molar-refractivity contribution in [1.82, 2.24) is 24.6 Å². The number of pyridine rings is 1. The first-order chi connectivity index (χ1) is 14.1. The van der Waals surface area contributed by atoms with Gasteiger partial charge >= 0.3 is 0 Å². The van der Waals surface area contributed by atoms with Crippen LogP contribution in [0, 0.1) is 6.92 Å². The number of benzene rings is 1. The molecule has 0 unspecified atom stereocenters. The molecular weight excluding hydrogens is 364 g/mol. The summed E-state index contributed by atoms with van der Waals surface area (Å²) in [5.41, 5.74) is 11.5. The third-order valence-corrected chi connectivity index (χ3v) is 5.69. The Labute approximate surface area is 169 Å². The Hall–Kier alpha value is -3.19. The average molecular weight is 388 g/mol. The second-order valence-corrected chi connectivity index (χ2v) is 7.89. The summed E-state index contributed by atoms with van der Waals surface area (Å²) in [5.74, 6) is 0.889. The van der Waals surface area contributed by atoms with Crippen molar-refractivity contribution in [2.24, 2.45) is 0 Å². The van der Waals surface area contributed by atoms with Gasteiger partial charge < -0.3 is 15.1 Å². The van der Waals surface area contributed by atoms with Gasteiger partial charge in [-0.1, -0.05) is 6.07 Å². The van der Waals surface area contributed by atoms with E-state index in [0.717, 1.165) is 53.7 Å². The number of hydrogen-bond donors (Lipinski definition) is 1. The van der Waals surface area contributed by atoms with E-state index in [9.17, 15) is 0 Å². The first kappa shape index (κ1) is 17.9. The smallest absolute Gasteiger partial charge is 0.231 e. The highest BCUT2D eigenvalue weighted by Gasteiger charge is 2.20. The predicted octanol–water partition coefficient (Wildman–Crippen LogP) is 3.91. The van der Waals surface area contributed by atoms with E-state index >= 15 is 0 Å². The summed E-state index contributed by atoms with van der Waals surface area (Å²) < 4.78 is 8.02. The highest BCUT2D eigenvalue weighted by molar-refractivity contribution is 5.81. The van der Waals surface area contributed by atoms with Crippen LogP contribution in [0.4, 0.5) is 5.82 Å². The number of hydrogen-bond acceptors (Lipinski definition) is 6. The minimum atomic E-state index is 0.403. The summed E-state index contributed by atoms with van der Waals surface area (Å²) in [6.07, 6.45) is 8.01. The number of nitrogens with two attached hydrogens (primary N) is 1. The molecule has 1 aliphatic rings. The van der Waals surface area contributed by atoms with Crippen LogP contribution in [0.3, 0.4) is 0 Å². The molecule has 7 heteroatoms. The van der Waals surface area contributed by atoms with Gasteiger partial charge in [-0.05, 0) is 63.7 Å². The van der Waals surface area contributed by atoms with Gasteiger partial charge in [-0.25, -0.2) is 9.97 Å². The maximum Gasteiger partial charge on any atom is 0.231 e. The molecule has 0 saturated carbocycles. The predicted molar refractivity (Wildman–Crippen MR) is 113 cm³/mol. The van der Waals surface area contributed by atoms with Crippen molar-refractivity contribution in [3.05, 3.63) is 48.4 Å². The van der Waals surface area contributed by atoms with Gasteiger partial charge in [0, 0.05) is 23.5 Å². The van der Waals surface area contributed by atoms with Gasteiger partial charge in [0.2, 0.25) is 5.89 Å². The van der Waals surface area contributed by atoms with E-state index in [0.29, 0.717) is 23.3 Å². The Morgan fingerprint density at radius 3 is 2.76 bits per heavy atom. The molecule has 5 rings (SSSR count). The molecule has 1 fully saturated rings. The number of rotatable bonds is 3. The van der Waals surface area contributed by atoms with Crippen molar-refractivity contribution in [1.29, 1.82) is 0 Å². The van der Waals surface area contributed by atoms with Crippen LogP contribution in [-0.2, 0) is 0 Å². The monoisotopic (exact) mass is 388 g/mol. The van der Waals surface area contributed by atoms with Crippen molar-refractivity contribution in [3.63, 3.8) is 0 Å². The molecule has 0 spiro atoms. The third kappa shape index (κ3) is 3.38. The summed E-state index contributed by atoms with van der Waals surface area (Å²) in [6.45, 7) is 4.24. The molecule has 148 valence electrons. The van der Waals surface area contributed by atoms with E-state index in [-0.39, 0.29) is 0 Å². The zero-order chi connectivity index (χ0) is 20.0. The highest BCUT2D eigenvalue weighted by atomic mass is 16.3. The van der Waals surface area contributed by atoms with E-state index in [2.05, 4.69) is 37.9 Å². The number of nitrogens with zero attached hydrogens (tertiary/aromatic N) is 5. The molecule has 7 nitrogen and oxygen atoms in total. The standard InChI is InChI=1S/C22H24N6O/c1-14-3-4-20-19(9-14)26-22(29-20)18-10-15(11-24-21(18)23)16-12-25-28(13-16)17-5-7-27(2)8-6-17/h3-4,9-13,17H,5-8H2,1-2H3,(H2,23,24). The zero-order valence-electron chi connectivity index (χ0n) is 16.7. The number of likely N-dealkylation sites (tertiary alicyclic amines) is 1. The minimum absolute atomic E-state index is 0.403. The molecule has 1 aliphatic heterocycles. The third-order valence-electron chi connectivity index (χ3n) is 5.69. The van der Waals surface area contributed by atoms with Crippen LogP contribution < -0.4 is 5.73 Å². The van der Waals surface area contributed by atoms with Crippen LogP contribution in [0.25, 0.3) is 33.7 Å². The number of aromatic nitrogens is 4. The Morgan fingerprint density at radius 2 is 1.93 bits per heavy atom. The molecule has 4 heterocycles. The normalized spacial score (nSPS) is 15.9. The lowest BCUT2D eigenvalue weighted by Gasteiger charge is -2.28. The Bertz CT molecular complexity index is 1170. The Morgan fingerprint density at radius 1 is 1.10 bits per heavy atom. The van der Waals surface area contributed by atoms with Gasteiger partial charge in [-0.15, -0.1) is 0 Å². The zero-order valence-corrected chi connectivity index (χ0v) is 16.7. The van der Waals surface area contributed by atoms with Crippen molar-refractivity contribution in [2.45, 2.75) is 25.8 Å². The van der Waals surface area contributed by atoms with Crippen molar-refractivity contribution in [2.75, 3.05) is 25.9 Å². The molecule has 29 heavy (non-hydrogen) atoms. The van der Waals surface area contributed by atoms with Crippen molar-refractivity contribution >= 4 is 16.9 Å². The van der Waals surface area contributed by atoms with E-state index in [1.165, 1.54) is 0 Å². The fourth-order valence-corrected chi connectivity index (χ4v) is 3.90. The van der Waals surface area contributed by atoms with E-state index < -0.39 is 0 Å². The second kappa shape index (κ2) is 7.00. The van der Waals surface area contributed by atoms with Crippen molar-refractivity contribution < 1.29 is 4.42 Å². The van der Waals surface area contributed by atoms with Crippen LogP contribution in [0.5, 0.6) is 0 Å². The summed E-state index contributed by atoms with van der Waals surface area (Å²) in [7, 11) is 2.17. The fraction of sp³-hybridized carbons (Fsp3) is 0.318. The molecule has 0 radical (unpaired) electrons. The van der Waals surface area contributed by atoms with E-state index in [1.54, 1.807) is 6.20 Å². The topological polar surface area (TPSA) is 86.0 Å². The minimum Gasteiger partial charge on any atom is -0.436 e. The van der Waals surface area contributed by atoms with Crippen molar-refractivity contribution in [3.8, 4) is 22.6 Å². The Balaban J connectivity index is 1.48. The van der Waals surface area contributed by atoms with E-state index in [4.69, 9.17) is 10.2 Å². The van der Waals surface area contributed by atoms with Crippen LogP contribution in [0.15, 0.2) is 47.3 Å². The molecule has 1 saturated heterocycles. The van der Waals surface area contributed by atoms with Crippen LogP contribution >= 0.6 is 0 Å². The molecule has 4 aromatic rings. The van der Waals surface area contributed by atoms with Crippen LogP contribution in [0.2, 0.25) is 0 Å². The number of anilines is 1. The van der Waals surface area contributed by atoms with Gasteiger partial charge in [0.15, 0.2) is 5.58 Å².